The van der Waals surface area contributed by atoms with Crippen LogP contribution in [0, 0.1) is 0 Å². The van der Waals surface area contributed by atoms with Crippen LogP contribution in [0.4, 0.5) is 0 Å². The number of halogens is 2. The minimum atomic E-state index is 0.354. The monoisotopic (exact) mass is 482 g/mol. The maximum Gasteiger partial charge on any atom is 0.0550 e. The second kappa shape index (κ2) is 7.80. The van der Waals surface area contributed by atoms with Gasteiger partial charge in [-0.2, -0.15) is 0 Å². The minimum absolute atomic E-state index is 0.354. The molecule has 34 heavy (non-hydrogen) atoms. The van der Waals surface area contributed by atoms with Gasteiger partial charge in [-0.15, -0.1) is 0 Å². The van der Waals surface area contributed by atoms with Gasteiger partial charge in [-0.3, -0.25) is 0 Å². The molecule has 6 aromatic rings. The first-order chi connectivity index (χ1) is 16.7. The fourth-order valence-electron chi connectivity index (χ4n) is 6.36. The molecule has 0 radical (unpaired) electrons. The number of rotatable bonds is 2. The lowest BCUT2D eigenvalue weighted by molar-refractivity contribution is 0.259. The number of benzene rings is 4. The van der Waals surface area contributed by atoms with E-state index in [9.17, 15) is 0 Å². The van der Waals surface area contributed by atoms with Gasteiger partial charge in [0.1, 0.15) is 0 Å². The quantitative estimate of drug-likeness (QED) is 0.232. The Balaban J connectivity index is 1.53. The van der Waals surface area contributed by atoms with Crippen LogP contribution in [0.5, 0.6) is 0 Å². The SMILES string of the molecule is Clc1ccc2c(c1)c1ccccc1n2C1CCCCC1n1c2ccccc2c2cc(Cl)ccc21. The van der Waals surface area contributed by atoms with Crippen molar-refractivity contribution in [3.63, 3.8) is 0 Å². The first kappa shape index (κ1) is 20.4. The van der Waals surface area contributed by atoms with Crippen LogP contribution >= 0.6 is 23.2 Å². The Morgan fingerprint density at radius 3 is 1.38 bits per heavy atom. The number of fused-ring (bicyclic) bond motifs is 6. The third-order valence-electron chi connectivity index (χ3n) is 7.70. The van der Waals surface area contributed by atoms with Crippen molar-refractivity contribution in [2.75, 3.05) is 0 Å². The van der Waals surface area contributed by atoms with E-state index < -0.39 is 0 Å². The van der Waals surface area contributed by atoms with Crippen molar-refractivity contribution in [2.24, 2.45) is 0 Å². The maximum atomic E-state index is 6.44. The molecule has 1 saturated carbocycles. The highest BCUT2D eigenvalue weighted by molar-refractivity contribution is 6.32. The summed E-state index contributed by atoms with van der Waals surface area (Å²) in [5.74, 6) is 0. The first-order valence-corrected chi connectivity index (χ1v) is 12.8. The molecule has 0 amide bonds. The van der Waals surface area contributed by atoms with Crippen LogP contribution in [0.2, 0.25) is 10.0 Å². The van der Waals surface area contributed by atoms with E-state index in [0.717, 1.165) is 22.9 Å². The van der Waals surface area contributed by atoms with E-state index in [2.05, 4.69) is 81.9 Å². The molecule has 0 spiro atoms. The summed E-state index contributed by atoms with van der Waals surface area (Å²) in [6.07, 6.45) is 4.79. The zero-order chi connectivity index (χ0) is 22.8. The molecule has 1 aliphatic rings. The summed E-state index contributed by atoms with van der Waals surface area (Å²) in [5.41, 5.74) is 5.12. The van der Waals surface area contributed by atoms with E-state index >= 15 is 0 Å². The van der Waals surface area contributed by atoms with Crippen molar-refractivity contribution >= 4 is 66.8 Å². The van der Waals surface area contributed by atoms with E-state index in [1.807, 2.05) is 12.1 Å². The van der Waals surface area contributed by atoms with E-state index in [0.29, 0.717) is 12.1 Å². The molecule has 168 valence electrons. The highest BCUT2D eigenvalue weighted by Gasteiger charge is 2.32. The number of nitrogens with zero attached hydrogens (tertiary/aromatic N) is 2. The summed E-state index contributed by atoms with van der Waals surface area (Å²) in [6.45, 7) is 0. The molecule has 1 aliphatic carbocycles. The fourth-order valence-corrected chi connectivity index (χ4v) is 6.70. The normalized spacial score (nSPS) is 19.0. The molecular weight excluding hydrogens is 459 g/mol. The van der Waals surface area contributed by atoms with Gasteiger partial charge in [0.05, 0.1) is 12.1 Å². The van der Waals surface area contributed by atoms with Gasteiger partial charge in [0.2, 0.25) is 0 Å². The first-order valence-electron chi connectivity index (χ1n) is 12.1. The van der Waals surface area contributed by atoms with Gasteiger partial charge in [0, 0.05) is 53.7 Å². The molecule has 2 nitrogen and oxygen atoms in total. The zero-order valence-corrected chi connectivity index (χ0v) is 20.2. The molecule has 2 unspecified atom stereocenters. The van der Waals surface area contributed by atoms with Crippen LogP contribution in [0.15, 0.2) is 84.9 Å². The topological polar surface area (TPSA) is 9.86 Å². The Kier molecular flexibility index (Phi) is 4.69. The Morgan fingerprint density at radius 1 is 0.500 bits per heavy atom. The molecule has 1 fully saturated rings. The third kappa shape index (κ3) is 2.95. The van der Waals surface area contributed by atoms with Gasteiger partial charge in [0.25, 0.3) is 0 Å². The van der Waals surface area contributed by atoms with Crippen LogP contribution < -0.4 is 0 Å². The van der Waals surface area contributed by atoms with E-state index in [4.69, 9.17) is 23.2 Å². The highest BCUT2D eigenvalue weighted by Crippen LogP contribution is 2.46. The summed E-state index contributed by atoms with van der Waals surface area (Å²) in [5, 5.41) is 6.60. The average Bonchev–Trinajstić information content (AvgIpc) is 3.36. The van der Waals surface area contributed by atoms with Crippen LogP contribution in [0.25, 0.3) is 43.6 Å². The zero-order valence-electron chi connectivity index (χ0n) is 18.7. The van der Waals surface area contributed by atoms with Crippen LogP contribution in [0.1, 0.15) is 37.8 Å². The molecule has 0 aliphatic heterocycles. The molecule has 0 saturated heterocycles. The summed E-state index contributed by atoms with van der Waals surface area (Å²) < 4.78 is 5.20. The van der Waals surface area contributed by atoms with Gasteiger partial charge in [-0.05, 0) is 61.4 Å². The van der Waals surface area contributed by atoms with Gasteiger partial charge < -0.3 is 9.13 Å². The van der Waals surface area contributed by atoms with Crippen molar-refractivity contribution in [3.05, 3.63) is 95.0 Å². The van der Waals surface area contributed by atoms with Gasteiger partial charge in [-0.1, -0.05) is 72.4 Å². The fraction of sp³-hybridized carbons (Fsp3) is 0.200. The number of hydrogen-bond acceptors (Lipinski definition) is 0. The molecule has 4 aromatic carbocycles. The molecule has 4 heteroatoms. The highest BCUT2D eigenvalue weighted by atomic mass is 35.5. The molecule has 7 rings (SSSR count). The van der Waals surface area contributed by atoms with Crippen molar-refractivity contribution in [1.82, 2.24) is 9.13 Å². The lowest BCUT2D eigenvalue weighted by atomic mass is 9.89. The van der Waals surface area contributed by atoms with Crippen LogP contribution in [-0.2, 0) is 0 Å². The molecule has 2 heterocycles. The Morgan fingerprint density at radius 2 is 0.912 bits per heavy atom. The molecular formula is C30H24Cl2N2. The van der Waals surface area contributed by atoms with E-state index in [-0.39, 0.29) is 0 Å². The second-order valence-electron chi connectivity index (χ2n) is 9.52. The third-order valence-corrected chi connectivity index (χ3v) is 8.17. The average molecular weight is 483 g/mol. The van der Waals surface area contributed by atoms with Crippen LogP contribution in [0.3, 0.4) is 0 Å². The molecule has 2 atom stereocenters. The van der Waals surface area contributed by atoms with Gasteiger partial charge in [-0.25, -0.2) is 0 Å². The largest absolute Gasteiger partial charge is 0.335 e. The van der Waals surface area contributed by atoms with E-state index in [1.54, 1.807) is 0 Å². The number of aromatic nitrogens is 2. The predicted octanol–water partition coefficient (Wildman–Crippen LogP) is 9.57. The van der Waals surface area contributed by atoms with Gasteiger partial charge >= 0.3 is 0 Å². The standard InChI is InChI=1S/C30H24Cl2N2/c31-19-13-15-27-23(17-19)21-7-1-3-9-25(21)33(27)29-11-5-6-12-30(29)34-26-10-4-2-8-22(26)24-18-20(32)14-16-28(24)34/h1-4,7-10,13-18,29-30H,5-6,11-12H2. The van der Waals surface area contributed by atoms with Gasteiger partial charge in [0.15, 0.2) is 0 Å². The summed E-state index contributed by atoms with van der Waals surface area (Å²) in [7, 11) is 0. The lowest BCUT2D eigenvalue weighted by Gasteiger charge is -2.36. The second-order valence-corrected chi connectivity index (χ2v) is 10.4. The van der Waals surface area contributed by atoms with Crippen molar-refractivity contribution in [1.29, 1.82) is 0 Å². The minimum Gasteiger partial charge on any atom is -0.335 e. The lowest BCUT2D eigenvalue weighted by Crippen LogP contribution is -2.26. The molecule has 2 aromatic heterocycles. The smallest absolute Gasteiger partial charge is 0.0550 e. The Labute approximate surface area is 208 Å². The maximum absolute atomic E-state index is 6.44. The number of hydrogen-bond donors (Lipinski definition) is 0. The van der Waals surface area contributed by atoms with Crippen LogP contribution in [-0.4, -0.2) is 9.13 Å². The van der Waals surface area contributed by atoms with Crippen molar-refractivity contribution < 1.29 is 0 Å². The number of para-hydroxylation sites is 2. The summed E-state index contributed by atoms with van der Waals surface area (Å²) in [4.78, 5) is 0. The summed E-state index contributed by atoms with van der Waals surface area (Å²) >= 11 is 12.9. The summed E-state index contributed by atoms with van der Waals surface area (Å²) in [6, 6.07) is 31.0. The molecule has 0 N–H and O–H groups in total. The van der Waals surface area contributed by atoms with Crippen molar-refractivity contribution in [3.8, 4) is 0 Å². The Hall–Kier alpha value is -2.94. The molecule has 0 bridgehead atoms. The van der Waals surface area contributed by atoms with E-state index in [1.165, 1.54) is 56.5 Å². The Bertz CT molecular complexity index is 1580. The predicted molar refractivity (Wildman–Crippen MR) is 145 cm³/mol. The van der Waals surface area contributed by atoms with Crippen molar-refractivity contribution in [2.45, 2.75) is 37.8 Å².